The Labute approximate surface area is 269 Å². The highest BCUT2D eigenvalue weighted by molar-refractivity contribution is 5.76. The van der Waals surface area contributed by atoms with Gasteiger partial charge in [0.05, 0.1) is 132 Å². The average molecular weight is 657 g/mol. The van der Waals surface area contributed by atoms with Crippen molar-refractivity contribution in [3.8, 4) is 0 Å². The van der Waals surface area contributed by atoms with E-state index >= 15 is 0 Å². The maximum Gasteiger partial charge on any atom is 0.245 e. The van der Waals surface area contributed by atoms with E-state index in [9.17, 15) is 9.59 Å². The molecule has 15 nitrogen and oxygen atoms in total. The second-order valence-electron chi connectivity index (χ2n) is 9.44. The lowest BCUT2D eigenvalue weighted by molar-refractivity contribution is -0.124. The topological polar surface area (TPSA) is 171 Å². The zero-order chi connectivity index (χ0) is 32.7. The Balaban J connectivity index is 3.08. The minimum Gasteiger partial charge on any atom is -0.387 e. The minimum atomic E-state index is -0.518. The molecule has 0 radical (unpaired) electrons. The Hall–Kier alpha value is -1.50. The third-order valence-corrected chi connectivity index (χ3v) is 5.64. The first kappa shape index (κ1) is 43.5. The fourth-order valence-corrected chi connectivity index (χ4v) is 3.29. The zero-order valence-corrected chi connectivity index (χ0v) is 27.4. The molecule has 0 atom stereocenters. The van der Waals surface area contributed by atoms with E-state index in [-0.39, 0.29) is 5.91 Å². The van der Waals surface area contributed by atoms with Crippen molar-refractivity contribution in [1.29, 1.82) is 0 Å². The molecule has 0 unspecified atom stereocenters. The smallest absolute Gasteiger partial charge is 0.245 e. The number of amides is 2. The summed E-state index contributed by atoms with van der Waals surface area (Å²) in [7, 11) is 0. The first-order valence-electron chi connectivity index (χ1n) is 16.1. The predicted octanol–water partition coefficient (Wildman–Crippen LogP) is -0.0426. The number of aliphatic hydroxyl groups is 1. The highest BCUT2D eigenvalue weighted by atomic mass is 16.6. The standard InChI is InChI=1S/C30H60N2O13/c1-2-3-4-5-29(34)31-6-8-36-10-12-38-14-16-40-18-20-42-22-24-44-26-27-45-25-23-43-21-19-41-17-15-39-13-11-37-9-7-32-30(35)28-33/h33H,2-28H2,1H3,(H,31,34)(H,32,35). The molecule has 0 saturated heterocycles. The van der Waals surface area contributed by atoms with Crippen molar-refractivity contribution in [2.24, 2.45) is 0 Å². The maximum atomic E-state index is 11.6. The van der Waals surface area contributed by atoms with Gasteiger partial charge in [0.25, 0.3) is 0 Å². The molecular formula is C30H60N2O13. The van der Waals surface area contributed by atoms with E-state index in [1.807, 2.05) is 0 Å². The van der Waals surface area contributed by atoms with Crippen LogP contribution in [0.15, 0.2) is 0 Å². The third-order valence-electron chi connectivity index (χ3n) is 5.64. The zero-order valence-electron chi connectivity index (χ0n) is 27.4. The molecule has 0 aliphatic heterocycles. The Morgan fingerprint density at radius 1 is 0.422 bits per heavy atom. The van der Waals surface area contributed by atoms with Crippen LogP contribution in [-0.2, 0) is 57.0 Å². The molecule has 0 aromatic rings. The molecular weight excluding hydrogens is 596 g/mol. The second-order valence-corrected chi connectivity index (χ2v) is 9.44. The van der Waals surface area contributed by atoms with E-state index in [4.69, 9.17) is 52.5 Å². The molecule has 0 aliphatic rings. The van der Waals surface area contributed by atoms with Gasteiger partial charge in [0.15, 0.2) is 0 Å². The quantitative estimate of drug-likeness (QED) is 0.0757. The van der Waals surface area contributed by atoms with Crippen molar-refractivity contribution in [1.82, 2.24) is 10.6 Å². The predicted molar refractivity (Wildman–Crippen MR) is 165 cm³/mol. The summed E-state index contributed by atoms with van der Waals surface area (Å²) in [6, 6.07) is 0. The molecule has 15 heteroatoms. The normalized spacial score (nSPS) is 11.2. The summed E-state index contributed by atoms with van der Waals surface area (Å²) < 4.78 is 54.2. The molecule has 0 saturated carbocycles. The van der Waals surface area contributed by atoms with E-state index in [0.717, 1.165) is 19.3 Å². The first-order chi connectivity index (χ1) is 22.2. The van der Waals surface area contributed by atoms with Crippen LogP contribution >= 0.6 is 0 Å². The van der Waals surface area contributed by atoms with Gasteiger partial charge in [-0.3, -0.25) is 9.59 Å². The molecule has 0 spiro atoms. The molecule has 268 valence electrons. The highest BCUT2D eigenvalue weighted by Crippen LogP contribution is 1.98. The van der Waals surface area contributed by atoms with Crippen molar-refractivity contribution in [2.45, 2.75) is 32.6 Å². The second kappa shape index (κ2) is 38.7. The summed E-state index contributed by atoms with van der Waals surface area (Å²) in [5.41, 5.74) is 0. The van der Waals surface area contributed by atoms with Crippen molar-refractivity contribution in [2.75, 3.05) is 152 Å². The van der Waals surface area contributed by atoms with Crippen LogP contribution in [0.25, 0.3) is 0 Å². The van der Waals surface area contributed by atoms with E-state index in [0.29, 0.717) is 152 Å². The number of ether oxygens (including phenoxy) is 10. The molecule has 3 N–H and O–H groups in total. The largest absolute Gasteiger partial charge is 0.387 e. The summed E-state index contributed by atoms with van der Waals surface area (Å²) in [6.07, 6.45) is 3.72. The van der Waals surface area contributed by atoms with Gasteiger partial charge in [0.1, 0.15) is 6.61 Å². The Bertz CT molecular complexity index is 620. The van der Waals surface area contributed by atoms with Crippen molar-refractivity contribution < 1.29 is 62.1 Å². The number of aliphatic hydroxyl groups excluding tert-OH is 1. The molecule has 2 amide bonds. The van der Waals surface area contributed by atoms with Gasteiger partial charge in [0.2, 0.25) is 11.8 Å². The number of unbranched alkanes of at least 4 members (excludes halogenated alkanes) is 2. The maximum absolute atomic E-state index is 11.6. The van der Waals surface area contributed by atoms with Gasteiger partial charge in [-0.2, -0.15) is 0 Å². The summed E-state index contributed by atoms with van der Waals surface area (Å²) >= 11 is 0. The molecule has 0 bridgehead atoms. The lowest BCUT2D eigenvalue weighted by Crippen LogP contribution is -2.29. The van der Waals surface area contributed by atoms with Crippen LogP contribution < -0.4 is 10.6 Å². The van der Waals surface area contributed by atoms with Gasteiger partial charge in [-0.05, 0) is 6.42 Å². The van der Waals surface area contributed by atoms with Crippen LogP contribution in [0.1, 0.15) is 32.6 Å². The number of hydrogen-bond donors (Lipinski definition) is 3. The lowest BCUT2D eigenvalue weighted by atomic mass is 10.2. The molecule has 45 heavy (non-hydrogen) atoms. The number of carbonyl (C=O) groups is 2. The van der Waals surface area contributed by atoms with Crippen LogP contribution in [0, 0.1) is 0 Å². The van der Waals surface area contributed by atoms with E-state index < -0.39 is 12.5 Å². The van der Waals surface area contributed by atoms with Gasteiger partial charge < -0.3 is 63.1 Å². The van der Waals surface area contributed by atoms with Gasteiger partial charge >= 0.3 is 0 Å². The summed E-state index contributed by atoms with van der Waals surface area (Å²) in [6.45, 7) is 12.0. The number of carbonyl (C=O) groups excluding carboxylic acids is 2. The fourth-order valence-electron chi connectivity index (χ4n) is 3.29. The Morgan fingerprint density at radius 2 is 0.689 bits per heavy atom. The van der Waals surface area contributed by atoms with Gasteiger partial charge in [-0.25, -0.2) is 0 Å². The van der Waals surface area contributed by atoms with E-state index in [2.05, 4.69) is 17.6 Å². The third kappa shape index (κ3) is 38.6. The molecule has 0 fully saturated rings. The van der Waals surface area contributed by atoms with Gasteiger partial charge in [-0.1, -0.05) is 19.8 Å². The Morgan fingerprint density at radius 3 is 0.956 bits per heavy atom. The van der Waals surface area contributed by atoms with Gasteiger partial charge in [0, 0.05) is 19.5 Å². The highest BCUT2D eigenvalue weighted by Gasteiger charge is 2.00. The molecule has 0 aliphatic carbocycles. The van der Waals surface area contributed by atoms with Crippen LogP contribution in [-0.4, -0.2) is 169 Å². The minimum absolute atomic E-state index is 0.0856. The number of hydrogen-bond acceptors (Lipinski definition) is 13. The fraction of sp³-hybridized carbons (Fsp3) is 0.933. The first-order valence-corrected chi connectivity index (χ1v) is 16.1. The van der Waals surface area contributed by atoms with Gasteiger partial charge in [-0.15, -0.1) is 0 Å². The van der Waals surface area contributed by atoms with Crippen LogP contribution in [0.4, 0.5) is 0 Å². The Kier molecular flexibility index (Phi) is 37.4. The van der Waals surface area contributed by atoms with Crippen LogP contribution in [0.3, 0.4) is 0 Å². The number of rotatable bonds is 38. The molecule has 0 aromatic heterocycles. The summed E-state index contributed by atoms with van der Waals surface area (Å²) in [5.74, 6) is -0.334. The molecule has 0 rings (SSSR count). The van der Waals surface area contributed by atoms with E-state index in [1.54, 1.807) is 0 Å². The van der Waals surface area contributed by atoms with Crippen LogP contribution in [0.5, 0.6) is 0 Å². The molecule has 0 heterocycles. The van der Waals surface area contributed by atoms with Crippen LogP contribution in [0.2, 0.25) is 0 Å². The number of nitrogens with one attached hydrogen (secondary N) is 2. The SMILES string of the molecule is CCCCCC(=O)NCCOCCOCCOCCOCCOCCOCCOCCOCCOCCOCCNC(=O)CO. The van der Waals surface area contributed by atoms with Crippen molar-refractivity contribution in [3.05, 3.63) is 0 Å². The molecule has 0 aromatic carbocycles. The lowest BCUT2D eigenvalue weighted by Gasteiger charge is -2.09. The summed E-state index contributed by atoms with van der Waals surface area (Å²) in [4.78, 5) is 22.4. The summed E-state index contributed by atoms with van der Waals surface area (Å²) in [5, 5.41) is 13.9. The average Bonchev–Trinajstić information content (AvgIpc) is 3.04. The monoisotopic (exact) mass is 656 g/mol. The van der Waals surface area contributed by atoms with Crippen molar-refractivity contribution >= 4 is 11.8 Å². The van der Waals surface area contributed by atoms with E-state index in [1.165, 1.54) is 0 Å². The van der Waals surface area contributed by atoms with Crippen molar-refractivity contribution in [3.63, 3.8) is 0 Å².